The smallest absolute Gasteiger partial charge is 0.406 e. The fourth-order valence-corrected chi connectivity index (χ4v) is 5.69. The van der Waals surface area contributed by atoms with E-state index in [2.05, 4.69) is 56.0 Å². The Bertz CT molecular complexity index is 1600. The number of carbonyl (C=O) groups is 1. The lowest BCUT2D eigenvalue weighted by molar-refractivity contribution is -0.274. The number of aromatic nitrogens is 3. The Morgan fingerprint density at radius 1 is 1.00 bits per heavy atom. The quantitative estimate of drug-likeness (QED) is 0.259. The van der Waals surface area contributed by atoms with Crippen LogP contribution in [0.5, 0.6) is 5.75 Å². The fourth-order valence-electron chi connectivity index (χ4n) is 4.74. The number of nitrogens with one attached hydrogen (secondary N) is 1. The van der Waals surface area contributed by atoms with Crippen LogP contribution in [0.4, 0.5) is 23.7 Å². The molecule has 2 heterocycles. The SMILES string of the molecule is Cc1cccc(C)c1N1CCS/C1=N\C(=O)NC(C)(C)c1ccc(-c2ncn(-c3ccc(OC(F)(F)F)cc3)n2)cc1. The van der Waals surface area contributed by atoms with Crippen molar-refractivity contribution in [2.24, 2.45) is 4.99 Å². The van der Waals surface area contributed by atoms with Crippen LogP contribution in [0.1, 0.15) is 30.5 Å². The molecule has 2 amide bonds. The van der Waals surface area contributed by atoms with Gasteiger partial charge in [0.25, 0.3) is 0 Å². The van der Waals surface area contributed by atoms with Gasteiger partial charge in [-0.05, 0) is 68.7 Å². The molecule has 0 bridgehead atoms. The topological polar surface area (TPSA) is 84.6 Å². The molecular weight excluding hydrogens is 565 g/mol. The lowest BCUT2D eigenvalue weighted by Crippen LogP contribution is -2.40. The van der Waals surface area contributed by atoms with E-state index < -0.39 is 17.9 Å². The Hall–Kier alpha value is -4.32. The monoisotopic (exact) mass is 594 g/mol. The highest BCUT2D eigenvalue weighted by molar-refractivity contribution is 8.14. The minimum atomic E-state index is -4.75. The van der Waals surface area contributed by atoms with Crippen LogP contribution in [-0.2, 0) is 5.54 Å². The lowest BCUT2D eigenvalue weighted by atomic mass is 9.93. The van der Waals surface area contributed by atoms with E-state index in [1.54, 1.807) is 11.8 Å². The van der Waals surface area contributed by atoms with E-state index >= 15 is 0 Å². The van der Waals surface area contributed by atoms with E-state index in [1.165, 1.54) is 35.3 Å². The summed E-state index contributed by atoms with van der Waals surface area (Å²) in [6.45, 7) is 8.72. The second-order valence-electron chi connectivity index (χ2n) is 10.3. The van der Waals surface area contributed by atoms with Gasteiger partial charge in [0, 0.05) is 23.5 Å². The van der Waals surface area contributed by atoms with Gasteiger partial charge in [-0.3, -0.25) is 0 Å². The largest absolute Gasteiger partial charge is 0.573 e. The molecular formula is C30H29F3N6O2S. The van der Waals surface area contributed by atoms with Crippen LogP contribution in [0.2, 0.25) is 0 Å². The van der Waals surface area contributed by atoms with E-state index in [4.69, 9.17) is 0 Å². The number of aliphatic imine (C=N–C) groups is 1. The number of amides is 2. The first-order valence-electron chi connectivity index (χ1n) is 13.2. The summed E-state index contributed by atoms with van der Waals surface area (Å²) in [4.78, 5) is 23.9. The number of rotatable bonds is 6. The first-order chi connectivity index (χ1) is 19.9. The lowest BCUT2D eigenvalue weighted by Gasteiger charge is -2.27. The van der Waals surface area contributed by atoms with Gasteiger partial charge in [-0.15, -0.1) is 18.3 Å². The Morgan fingerprint density at radius 2 is 1.67 bits per heavy atom. The number of aryl methyl sites for hydroxylation is 2. The molecule has 1 aromatic heterocycles. The van der Waals surface area contributed by atoms with Crippen LogP contribution in [0.3, 0.4) is 0 Å². The van der Waals surface area contributed by atoms with E-state index in [1.807, 2.05) is 44.2 Å². The molecule has 0 saturated carbocycles. The zero-order chi connectivity index (χ0) is 30.1. The molecule has 218 valence electrons. The van der Waals surface area contributed by atoms with Crippen LogP contribution in [-0.4, -0.2) is 44.6 Å². The molecule has 0 atom stereocenters. The molecule has 1 aliphatic rings. The van der Waals surface area contributed by atoms with Gasteiger partial charge in [0.1, 0.15) is 12.1 Å². The predicted octanol–water partition coefficient (Wildman–Crippen LogP) is 7.00. The fraction of sp³-hybridized carbons (Fsp3) is 0.267. The summed E-state index contributed by atoms with van der Waals surface area (Å²) < 4.78 is 42.6. The maximum absolute atomic E-state index is 13.0. The molecule has 42 heavy (non-hydrogen) atoms. The van der Waals surface area contributed by atoms with Crippen LogP contribution in [0, 0.1) is 13.8 Å². The number of amidine groups is 1. The number of carbonyl (C=O) groups excluding carboxylic acids is 1. The average Bonchev–Trinajstić information content (AvgIpc) is 3.58. The first-order valence-corrected chi connectivity index (χ1v) is 14.1. The summed E-state index contributed by atoms with van der Waals surface area (Å²) in [6.07, 6.45) is -3.27. The van der Waals surface area contributed by atoms with Crippen LogP contribution >= 0.6 is 11.8 Å². The maximum atomic E-state index is 13.0. The third kappa shape index (κ3) is 6.59. The molecule has 1 aliphatic heterocycles. The Labute approximate surface area is 245 Å². The molecule has 1 N–H and O–H groups in total. The third-order valence-corrected chi connectivity index (χ3v) is 7.75. The summed E-state index contributed by atoms with van der Waals surface area (Å²) in [5.41, 5.74) is 4.79. The molecule has 4 aromatic rings. The number of hydrogen-bond donors (Lipinski definition) is 1. The summed E-state index contributed by atoms with van der Waals surface area (Å²) in [5, 5.41) is 8.15. The van der Waals surface area contributed by atoms with Gasteiger partial charge in [0.2, 0.25) is 0 Å². The minimum Gasteiger partial charge on any atom is -0.406 e. The zero-order valence-electron chi connectivity index (χ0n) is 23.4. The summed E-state index contributed by atoms with van der Waals surface area (Å²) in [7, 11) is 0. The van der Waals surface area contributed by atoms with Crippen molar-refractivity contribution in [2.75, 3.05) is 17.2 Å². The van der Waals surface area contributed by atoms with E-state index in [0.717, 1.165) is 40.2 Å². The molecule has 0 radical (unpaired) electrons. The average molecular weight is 595 g/mol. The van der Waals surface area contributed by atoms with Gasteiger partial charge in [-0.1, -0.05) is 54.2 Å². The number of urea groups is 1. The summed E-state index contributed by atoms with van der Waals surface area (Å²) in [6, 6.07) is 18.6. The van der Waals surface area contributed by atoms with E-state index in [9.17, 15) is 18.0 Å². The molecule has 0 aliphatic carbocycles. The molecule has 12 heteroatoms. The number of halogens is 3. The van der Waals surface area contributed by atoms with Crippen LogP contribution in [0.25, 0.3) is 17.1 Å². The van der Waals surface area contributed by atoms with Gasteiger partial charge < -0.3 is 15.0 Å². The predicted molar refractivity (Wildman–Crippen MR) is 158 cm³/mol. The molecule has 0 spiro atoms. The summed E-state index contributed by atoms with van der Waals surface area (Å²) in [5.74, 6) is 0.978. The second-order valence-corrected chi connectivity index (χ2v) is 11.4. The Morgan fingerprint density at radius 3 is 2.31 bits per heavy atom. The van der Waals surface area contributed by atoms with Crippen LogP contribution in [0.15, 0.2) is 78.0 Å². The number of nitrogens with zero attached hydrogens (tertiary/aromatic N) is 5. The van der Waals surface area contributed by atoms with Crippen molar-refractivity contribution in [3.63, 3.8) is 0 Å². The van der Waals surface area contributed by atoms with Gasteiger partial charge in [-0.2, -0.15) is 4.99 Å². The Kier molecular flexibility index (Phi) is 8.00. The molecule has 3 aromatic carbocycles. The highest BCUT2D eigenvalue weighted by atomic mass is 32.2. The normalized spacial score (nSPS) is 14.8. The number of alkyl halides is 3. The van der Waals surface area contributed by atoms with E-state index in [0.29, 0.717) is 16.7 Å². The highest BCUT2D eigenvalue weighted by Crippen LogP contribution is 2.32. The number of benzene rings is 3. The minimum absolute atomic E-state index is 0.316. The number of hydrogen-bond acceptors (Lipinski definition) is 5. The molecule has 0 unspecified atom stereocenters. The molecule has 5 rings (SSSR count). The van der Waals surface area contributed by atoms with Gasteiger partial charge in [0.05, 0.1) is 11.2 Å². The van der Waals surface area contributed by atoms with Crippen molar-refractivity contribution >= 4 is 28.6 Å². The Balaban J connectivity index is 1.26. The molecule has 8 nitrogen and oxygen atoms in total. The van der Waals surface area contributed by atoms with Gasteiger partial charge in [-0.25, -0.2) is 14.5 Å². The van der Waals surface area contributed by atoms with Crippen molar-refractivity contribution in [1.29, 1.82) is 0 Å². The highest BCUT2D eigenvalue weighted by Gasteiger charge is 2.31. The summed E-state index contributed by atoms with van der Waals surface area (Å²) >= 11 is 1.56. The van der Waals surface area contributed by atoms with Gasteiger partial charge in [0.15, 0.2) is 11.0 Å². The first kappa shape index (κ1) is 29.2. The van der Waals surface area contributed by atoms with Crippen molar-refractivity contribution < 1.29 is 22.7 Å². The van der Waals surface area contributed by atoms with Crippen LogP contribution < -0.4 is 15.0 Å². The van der Waals surface area contributed by atoms with Crippen molar-refractivity contribution in [1.82, 2.24) is 20.1 Å². The number of thioether (sulfide) groups is 1. The van der Waals surface area contributed by atoms with Crippen molar-refractivity contribution in [2.45, 2.75) is 39.6 Å². The molecule has 1 fully saturated rings. The number of anilines is 1. The van der Waals surface area contributed by atoms with E-state index in [-0.39, 0.29) is 5.75 Å². The number of para-hydroxylation sites is 1. The van der Waals surface area contributed by atoms with Crippen molar-refractivity contribution in [3.05, 3.63) is 89.7 Å². The number of ether oxygens (including phenoxy) is 1. The standard InChI is InChI=1S/C30H29F3N6O2S/c1-19-6-5-7-20(2)25(19)38-16-17-42-28(38)35-27(40)36-29(3,4)22-10-8-21(9-11-22)26-34-18-39(37-26)23-12-14-24(15-13-23)41-30(31,32)33/h5-15,18H,16-17H2,1-4H3,(H,36,40)/b35-28-. The maximum Gasteiger partial charge on any atom is 0.573 e. The third-order valence-electron chi connectivity index (χ3n) is 6.79. The van der Waals surface area contributed by atoms with Crippen molar-refractivity contribution in [3.8, 4) is 22.8 Å². The molecule has 1 saturated heterocycles. The zero-order valence-corrected chi connectivity index (χ0v) is 24.3. The second kappa shape index (κ2) is 11.5. The van der Waals surface area contributed by atoms with Gasteiger partial charge >= 0.3 is 12.4 Å².